The van der Waals surface area contributed by atoms with Crippen LogP contribution in [0.2, 0.25) is 0 Å². The maximum atomic E-state index is 9.81. The van der Waals surface area contributed by atoms with Gasteiger partial charge in [0, 0.05) is 36.1 Å². The second-order valence-electron chi connectivity index (χ2n) is 13.2. The van der Waals surface area contributed by atoms with Crippen molar-refractivity contribution in [1.29, 1.82) is 5.26 Å². The van der Waals surface area contributed by atoms with Gasteiger partial charge in [-0.3, -0.25) is 0 Å². The largest absolute Gasteiger partial charge is 0.368 e. The van der Waals surface area contributed by atoms with Gasteiger partial charge in [-0.1, -0.05) is 48.5 Å². The van der Waals surface area contributed by atoms with E-state index in [1.54, 1.807) is 18.0 Å². The van der Waals surface area contributed by atoms with Gasteiger partial charge >= 0.3 is 0 Å². The molecule has 0 spiro atoms. The third kappa shape index (κ3) is 6.32. The number of thioether (sulfide) groups is 1. The first-order chi connectivity index (χ1) is 21.6. The predicted molar refractivity (Wildman–Crippen MR) is 173 cm³/mol. The normalized spacial score (nSPS) is 30.5. The van der Waals surface area contributed by atoms with Gasteiger partial charge in [0.2, 0.25) is 5.95 Å². The highest BCUT2D eigenvalue weighted by atomic mass is 32.2. The van der Waals surface area contributed by atoms with Crippen LogP contribution in [-0.2, 0) is 16.0 Å². The monoisotopic (exact) mass is 610 g/mol. The molecule has 44 heavy (non-hydrogen) atoms. The first-order valence-corrected chi connectivity index (χ1v) is 17.3. The summed E-state index contributed by atoms with van der Waals surface area (Å²) in [4.78, 5) is 10.4. The van der Waals surface area contributed by atoms with Crippen LogP contribution in [0.15, 0.2) is 65.7 Å². The van der Waals surface area contributed by atoms with Crippen LogP contribution < -0.4 is 16.0 Å². The quantitative estimate of drug-likeness (QED) is 0.213. The number of aromatic nitrogens is 2. The van der Waals surface area contributed by atoms with Crippen LogP contribution in [0.1, 0.15) is 61.5 Å². The molecular formula is C35H42N6O2S. The fraction of sp³-hybridized carbons (Fsp3) is 0.514. The van der Waals surface area contributed by atoms with E-state index in [9.17, 15) is 5.26 Å². The molecule has 9 heteroatoms. The van der Waals surface area contributed by atoms with Crippen molar-refractivity contribution < 1.29 is 9.47 Å². The number of hydrogen-bond acceptors (Lipinski definition) is 9. The van der Waals surface area contributed by atoms with E-state index in [0.717, 1.165) is 37.6 Å². The molecular weight excluding hydrogens is 568 g/mol. The fourth-order valence-electron chi connectivity index (χ4n) is 8.51. The topological polar surface area (TPSA) is 104 Å². The second kappa shape index (κ2) is 13.1. The molecule has 1 saturated heterocycles. The number of nitrogens with one attached hydrogen (secondary N) is 3. The van der Waals surface area contributed by atoms with Crippen LogP contribution >= 0.6 is 11.8 Å². The third-order valence-corrected chi connectivity index (χ3v) is 11.1. The van der Waals surface area contributed by atoms with Gasteiger partial charge in [-0.2, -0.15) is 10.2 Å². The molecule has 0 radical (unpaired) electrons. The molecule has 230 valence electrons. The van der Waals surface area contributed by atoms with E-state index in [4.69, 9.17) is 14.5 Å². The highest BCUT2D eigenvalue weighted by Crippen LogP contribution is 2.60. The Morgan fingerprint density at radius 3 is 2.61 bits per heavy atom. The summed E-state index contributed by atoms with van der Waals surface area (Å²) in [6.45, 7) is 3.10. The standard InChI is InChI=1S/C35H42N6O2S/c1-44-30-10-6-5-9-25(30)19-38-34-39-20-28(18-36)32(41-34)40-22-35-15-23-13-26(16-35)31(27(14-23)17-35)37-21-29-11-12-42-33(43-29)24-7-3-2-4-8-24/h2-10,20,23,26-27,29,31,33,37H,11-17,19,21-22H2,1H3,(H2,38,39,40,41)/t23?,26-,27+,29?,31?,33?,35?. The van der Waals surface area contributed by atoms with Crippen molar-refractivity contribution in [1.82, 2.24) is 15.3 Å². The Labute approximate surface area is 264 Å². The number of hydrogen-bond donors (Lipinski definition) is 3. The van der Waals surface area contributed by atoms with Crippen molar-refractivity contribution >= 4 is 23.5 Å². The highest BCUT2D eigenvalue weighted by Gasteiger charge is 2.55. The molecule has 2 heterocycles. The van der Waals surface area contributed by atoms with Gasteiger partial charge in [-0.05, 0) is 79.6 Å². The zero-order valence-electron chi connectivity index (χ0n) is 25.4. The molecule has 4 aliphatic carbocycles. The van der Waals surface area contributed by atoms with Gasteiger partial charge in [-0.25, -0.2) is 4.98 Å². The molecule has 4 saturated carbocycles. The Bertz CT molecular complexity index is 1470. The molecule has 8 nitrogen and oxygen atoms in total. The molecule has 3 N–H and O–H groups in total. The van der Waals surface area contributed by atoms with Crippen molar-refractivity contribution in [2.75, 3.05) is 36.6 Å². The lowest BCUT2D eigenvalue weighted by molar-refractivity contribution is -0.216. The predicted octanol–water partition coefficient (Wildman–Crippen LogP) is 6.38. The maximum Gasteiger partial charge on any atom is 0.224 e. The van der Waals surface area contributed by atoms with Gasteiger partial charge < -0.3 is 25.4 Å². The van der Waals surface area contributed by atoms with E-state index >= 15 is 0 Å². The van der Waals surface area contributed by atoms with Crippen LogP contribution in [-0.4, -0.2) is 48.1 Å². The van der Waals surface area contributed by atoms with Crippen molar-refractivity contribution in [2.24, 2.45) is 23.2 Å². The van der Waals surface area contributed by atoms with E-state index in [2.05, 4.69) is 69.7 Å². The summed E-state index contributed by atoms with van der Waals surface area (Å²) in [6.07, 6.45) is 10.9. The van der Waals surface area contributed by atoms with Gasteiger partial charge in [0.1, 0.15) is 17.5 Å². The Morgan fingerprint density at radius 2 is 1.82 bits per heavy atom. The van der Waals surface area contributed by atoms with E-state index in [1.807, 2.05) is 18.2 Å². The summed E-state index contributed by atoms with van der Waals surface area (Å²) in [6, 6.07) is 21.5. The Morgan fingerprint density at radius 1 is 1.02 bits per heavy atom. The number of nitrogens with zero attached hydrogens (tertiary/aromatic N) is 3. The number of rotatable bonds is 11. The number of nitriles is 1. The van der Waals surface area contributed by atoms with E-state index in [0.29, 0.717) is 41.8 Å². The Balaban J connectivity index is 0.964. The first kappa shape index (κ1) is 29.5. The van der Waals surface area contributed by atoms with E-state index in [-0.39, 0.29) is 17.8 Å². The summed E-state index contributed by atoms with van der Waals surface area (Å²) < 4.78 is 12.3. The first-order valence-electron chi connectivity index (χ1n) is 16.0. The van der Waals surface area contributed by atoms with E-state index < -0.39 is 0 Å². The minimum absolute atomic E-state index is 0.168. The molecule has 5 unspecified atom stereocenters. The molecule has 8 rings (SSSR count). The summed E-state index contributed by atoms with van der Waals surface area (Å²) in [5.74, 6) is 3.34. The molecule has 5 fully saturated rings. The third-order valence-electron chi connectivity index (χ3n) is 10.2. The van der Waals surface area contributed by atoms with Gasteiger partial charge in [0.15, 0.2) is 6.29 Å². The Kier molecular flexibility index (Phi) is 8.77. The minimum atomic E-state index is -0.272. The number of anilines is 2. The molecule has 7 atom stereocenters. The van der Waals surface area contributed by atoms with Crippen molar-refractivity contribution in [3.05, 3.63) is 77.5 Å². The van der Waals surface area contributed by atoms with Gasteiger partial charge in [0.05, 0.1) is 18.9 Å². The average Bonchev–Trinajstić information content (AvgIpc) is 3.06. The van der Waals surface area contributed by atoms with Crippen LogP contribution in [0.3, 0.4) is 0 Å². The lowest BCUT2D eigenvalue weighted by Gasteiger charge is -2.60. The van der Waals surface area contributed by atoms with Gasteiger partial charge in [-0.15, -0.1) is 11.8 Å². The van der Waals surface area contributed by atoms with E-state index in [1.165, 1.54) is 42.6 Å². The van der Waals surface area contributed by atoms with Crippen LogP contribution in [0.5, 0.6) is 0 Å². The second-order valence-corrected chi connectivity index (χ2v) is 14.0. The highest BCUT2D eigenvalue weighted by molar-refractivity contribution is 7.98. The smallest absolute Gasteiger partial charge is 0.224 e. The van der Waals surface area contributed by atoms with Crippen molar-refractivity contribution in [3.63, 3.8) is 0 Å². The molecule has 5 aliphatic rings. The van der Waals surface area contributed by atoms with Crippen molar-refractivity contribution in [2.45, 2.75) is 68.4 Å². The number of benzene rings is 2. The Hall–Kier alpha value is -3.16. The lowest BCUT2D eigenvalue weighted by atomic mass is 9.48. The molecule has 4 bridgehead atoms. The molecule has 1 aromatic heterocycles. The fourth-order valence-corrected chi connectivity index (χ4v) is 9.13. The summed E-state index contributed by atoms with van der Waals surface area (Å²) in [5.41, 5.74) is 3.05. The molecule has 2 aromatic carbocycles. The van der Waals surface area contributed by atoms with Crippen LogP contribution in [0.4, 0.5) is 11.8 Å². The summed E-state index contributed by atoms with van der Waals surface area (Å²) in [5, 5.41) is 20.8. The SMILES string of the molecule is CSc1ccccc1CNc1ncc(C#N)c(NCC23CC4C[C@H](C2)C(NCC2CCOC(c5ccccc5)O2)[C@@H](C4)C3)n1. The zero-order valence-corrected chi connectivity index (χ0v) is 26.2. The maximum absolute atomic E-state index is 9.81. The minimum Gasteiger partial charge on any atom is -0.368 e. The average molecular weight is 611 g/mol. The summed E-state index contributed by atoms with van der Waals surface area (Å²) in [7, 11) is 0. The van der Waals surface area contributed by atoms with Crippen molar-refractivity contribution in [3.8, 4) is 6.07 Å². The van der Waals surface area contributed by atoms with Crippen LogP contribution in [0.25, 0.3) is 0 Å². The number of ether oxygens (including phenoxy) is 2. The van der Waals surface area contributed by atoms with Crippen LogP contribution in [0, 0.1) is 34.5 Å². The summed E-state index contributed by atoms with van der Waals surface area (Å²) >= 11 is 1.73. The molecule has 1 aliphatic heterocycles. The van der Waals surface area contributed by atoms with Gasteiger partial charge in [0.25, 0.3) is 0 Å². The lowest BCUT2D eigenvalue weighted by Crippen LogP contribution is -2.60. The zero-order chi connectivity index (χ0) is 29.9. The molecule has 0 amide bonds. The molecule has 3 aromatic rings.